The van der Waals surface area contributed by atoms with E-state index in [1.807, 2.05) is 4.90 Å². The third-order valence-corrected chi connectivity index (χ3v) is 5.95. The van der Waals surface area contributed by atoms with Crippen LogP contribution < -0.4 is 10.2 Å². The molecule has 1 N–H and O–H groups in total. The fourth-order valence-corrected chi connectivity index (χ4v) is 4.35. The standard InChI is InChI=1S/C21H18F2N4O3S/c22-14-4-3-13(18(23)10-14)9-16-12-24-21(31-16)25-20(28)17-11-15(27(29)30)5-6-19(17)26-7-1-2-8-26/h3-6,10-12H,1-2,7-9H2,(H,24,25,28). The third-order valence-electron chi connectivity index (χ3n) is 5.04. The number of thiazole rings is 1. The molecule has 0 unspecified atom stereocenters. The monoisotopic (exact) mass is 444 g/mol. The lowest BCUT2D eigenvalue weighted by Crippen LogP contribution is -2.23. The van der Waals surface area contributed by atoms with Gasteiger partial charge in [-0.3, -0.25) is 20.2 Å². The first-order valence-electron chi connectivity index (χ1n) is 9.64. The number of hydrogen-bond acceptors (Lipinski definition) is 6. The average Bonchev–Trinajstić information content (AvgIpc) is 3.42. The Bertz CT molecular complexity index is 1150. The van der Waals surface area contributed by atoms with Gasteiger partial charge in [0.05, 0.1) is 16.2 Å². The smallest absolute Gasteiger partial charge is 0.270 e. The van der Waals surface area contributed by atoms with Crippen LogP contribution in [0.5, 0.6) is 0 Å². The molecule has 0 radical (unpaired) electrons. The van der Waals surface area contributed by atoms with Gasteiger partial charge < -0.3 is 4.90 Å². The molecule has 1 aliphatic rings. The first-order chi connectivity index (χ1) is 14.9. The summed E-state index contributed by atoms with van der Waals surface area (Å²) >= 11 is 1.16. The van der Waals surface area contributed by atoms with Gasteiger partial charge in [-0.25, -0.2) is 13.8 Å². The van der Waals surface area contributed by atoms with E-state index in [2.05, 4.69) is 10.3 Å². The first-order valence-corrected chi connectivity index (χ1v) is 10.5. The topological polar surface area (TPSA) is 88.4 Å². The number of hydrogen-bond donors (Lipinski definition) is 1. The molecule has 1 aromatic heterocycles. The zero-order chi connectivity index (χ0) is 22.0. The van der Waals surface area contributed by atoms with Gasteiger partial charge in [0.15, 0.2) is 5.13 Å². The number of carbonyl (C=O) groups excluding carboxylic acids is 1. The second-order valence-corrected chi connectivity index (χ2v) is 8.27. The Kier molecular flexibility index (Phi) is 5.90. The molecule has 0 saturated carbocycles. The van der Waals surface area contributed by atoms with Gasteiger partial charge in [0.1, 0.15) is 11.6 Å². The molecule has 0 spiro atoms. The Morgan fingerprint density at radius 1 is 1.19 bits per heavy atom. The number of aromatic nitrogens is 1. The molecule has 1 amide bonds. The van der Waals surface area contributed by atoms with E-state index in [1.54, 1.807) is 6.07 Å². The van der Waals surface area contributed by atoms with Gasteiger partial charge in [0.25, 0.3) is 11.6 Å². The fourth-order valence-electron chi connectivity index (χ4n) is 3.52. The van der Waals surface area contributed by atoms with Crippen molar-refractivity contribution in [3.63, 3.8) is 0 Å². The van der Waals surface area contributed by atoms with Gasteiger partial charge in [-0.15, -0.1) is 11.3 Å². The molecule has 3 aromatic rings. The number of rotatable bonds is 6. The van der Waals surface area contributed by atoms with Gasteiger partial charge in [0, 0.05) is 48.8 Å². The summed E-state index contributed by atoms with van der Waals surface area (Å²) in [6, 6.07) is 7.64. The van der Waals surface area contributed by atoms with E-state index in [0.29, 0.717) is 21.3 Å². The van der Waals surface area contributed by atoms with Gasteiger partial charge in [-0.2, -0.15) is 0 Å². The zero-order valence-electron chi connectivity index (χ0n) is 16.3. The van der Waals surface area contributed by atoms with E-state index >= 15 is 0 Å². The minimum absolute atomic E-state index is 0.167. The highest BCUT2D eigenvalue weighted by Crippen LogP contribution is 2.30. The maximum absolute atomic E-state index is 13.9. The number of amides is 1. The molecule has 1 aliphatic heterocycles. The van der Waals surface area contributed by atoms with Crippen LogP contribution in [0.3, 0.4) is 0 Å². The largest absolute Gasteiger partial charge is 0.371 e. The van der Waals surface area contributed by atoms with Crippen LogP contribution in [-0.2, 0) is 6.42 Å². The summed E-state index contributed by atoms with van der Waals surface area (Å²) in [6.45, 7) is 1.56. The van der Waals surface area contributed by atoms with E-state index in [1.165, 1.54) is 30.5 Å². The highest BCUT2D eigenvalue weighted by Gasteiger charge is 2.23. The number of nitrogens with zero attached hydrogens (tertiary/aromatic N) is 3. The van der Waals surface area contributed by atoms with Crippen molar-refractivity contribution in [3.05, 3.63) is 80.3 Å². The molecule has 7 nitrogen and oxygen atoms in total. The number of nitro groups is 1. The Morgan fingerprint density at radius 3 is 2.68 bits per heavy atom. The second-order valence-electron chi connectivity index (χ2n) is 7.15. The molecule has 2 aromatic carbocycles. The maximum Gasteiger partial charge on any atom is 0.270 e. The molecule has 31 heavy (non-hydrogen) atoms. The summed E-state index contributed by atoms with van der Waals surface area (Å²) < 4.78 is 27.0. The van der Waals surface area contributed by atoms with Crippen molar-refractivity contribution in [2.75, 3.05) is 23.3 Å². The first kappa shape index (κ1) is 20.9. The summed E-state index contributed by atoms with van der Waals surface area (Å²) in [5, 5.41) is 14.2. The SMILES string of the molecule is O=C(Nc1ncc(Cc2ccc(F)cc2F)s1)c1cc([N+](=O)[O-])ccc1N1CCCC1. The van der Waals surface area contributed by atoms with Crippen molar-refractivity contribution in [1.82, 2.24) is 4.98 Å². The molecular weight excluding hydrogens is 426 g/mol. The Morgan fingerprint density at radius 2 is 1.97 bits per heavy atom. The van der Waals surface area contributed by atoms with Crippen molar-refractivity contribution in [1.29, 1.82) is 0 Å². The van der Waals surface area contributed by atoms with Crippen molar-refractivity contribution in [3.8, 4) is 0 Å². The molecule has 0 aliphatic carbocycles. The number of halogens is 2. The van der Waals surface area contributed by atoms with Crippen molar-refractivity contribution in [2.45, 2.75) is 19.3 Å². The second kappa shape index (κ2) is 8.76. The molecule has 4 rings (SSSR count). The molecule has 2 heterocycles. The Balaban J connectivity index is 1.54. The van der Waals surface area contributed by atoms with Crippen molar-refractivity contribution >= 4 is 33.8 Å². The maximum atomic E-state index is 13.9. The predicted molar refractivity (Wildman–Crippen MR) is 114 cm³/mol. The van der Waals surface area contributed by atoms with Gasteiger partial charge in [-0.05, 0) is 30.5 Å². The minimum Gasteiger partial charge on any atom is -0.371 e. The normalized spacial score (nSPS) is 13.4. The Labute approximate surface area is 180 Å². The van der Waals surface area contributed by atoms with Crippen molar-refractivity contribution in [2.24, 2.45) is 0 Å². The summed E-state index contributed by atoms with van der Waals surface area (Å²) in [5.41, 5.74) is 1.00. The average molecular weight is 444 g/mol. The number of non-ortho nitro benzene ring substituents is 1. The lowest BCUT2D eigenvalue weighted by molar-refractivity contribution is -0.384. The van der Waals surface area contributed by atoms with E-state index in [0.717, 1.165) is 43.3 Å². The summed E-state index contributed by atoms with van der Waals surface area (Å²) in [5.74, 6) is -1.80. The number of benzene rings is 2. The van der Waals surface area contributed by atoms with Crippen LogP contribution in [-0.4, -0.2) is 28.9 Å². The molecule has 0 atom stereocenters. The van der Waals surface area contributed by atoms with E-state index in [9.17, 15) is 23.7 Å². The van der Waals surface area contributed by atoms with Gasteiger partial charge >= 0.3 is 0 Å². The molecule has 0 bridgehead atoms. The highest BCUT2D eigenvalue weighted by atomic mass is 32.1. The van der Waals surface area contributed by atoms with Crippen LogP contribution in [0.4, 0.5) is 25.3 Å². The van der Waals surface area contributed by atoms with Crippen LogP contribution in [0.2, 0.25) is 0 Å². The minimum atomic E-state index is -0.649. The number of nitrogens with one attached hydrogen (secondary N) is 1. The summed E-state index contributed by atoms with van der Waals surface area (Å²) in [6.07, 6.45) is 3.70. The summed E-state index contributed by atoms with van der Waals surface area (Å²) in [4.78, 5) is 30.4. The number of nitro benzene ring substituents is 1. The molecule has 1 fully saturated rings. The van der Waals surface area contributed by atoms with Crippen LogP contribution in [0.15, 0.2) is 42.6 Å². The number of carbonyl (C=O) groups is 1. The van der Waals surface area contributed by atoms with Gasteiger partial charge in [0.2, 0.25) is 0 Å². The number of anilines is 2. The molecule has 160 valence electrons. The lowest BCUT2D eigenvalue weighted by atomic mass is 10.1. The zero-order valence-corrected chi connectivity index (χ0v) is 17.1. The van der Waals surface area contributed by atoms with Gasteiger partial charge in [-0.1, -0.05) is 6.07 Å². The fraction of sp³-hybridized carbons (Fsp3) is 0.238. The quantitative estimate of drug-likeness (QED) is 0.437. The Hall–Kier alpha value is -3.40. The van der Waals surface area contributed by atoms with Crippen LogP contribution >= 0.6 is 11.3 Å². The van der Waals surface area contributed by atoms with Crippen LogP contribution in [0.25, 0.3) is 0 Å². The van der Waals surface area contributed by atoms with Crippen LogP contribution in [0.1, 0.15) is 33.6 Å². The van der Waals surface area contributed by atoms with E-state index < -0.39 is 22.5 Å². The van der Waals surface area contributed by atoms with E-state index in [4.69, 9.17) is 0 Å². The third kappa shape index (κ3) is 4.69. The van der Waals surface area contributed by atoms with Crippen molar-refractivity contribution < 1.29 is 18.5 Å². The highest BCUT2D eigenvalue weighted by molar-refractivity contribution is 7.15. The summed E-state index contributed by atoms with van der Waals surface area (Å²) in [7, 11) is 0. The van der Waals surface area contributed by atoms with E-state index in [-0.39, 0.29) is 17.7 Å². The molecule has 1 saturated heterocycles. The predicted octanol–water partition coefficient (Wildman–Crippen LogP) is 4.77. The van der Waals surface area contributed by atoms with Crippen LogP contribution in [0, 0.1) is 21.7 Å². The molecule has 10 heteroatoms. The lowest BCUT2D eigenvalue weighted by Gasteiger charge is -2.20. The molecular formula is C21H18F2N4O3S.